The Morgan fingerprint density at radius 1 is 1.19 bits per heavy atom. The van der Waals surface area contributed by atoms with Crippen LogP contribution in [0.3, 0.4) is 0 Å². The average molecular weight is 295 g/mol. The van der Waals surface area contributed by atoms with Crippen molar-refractivity contribution in [3.05, 3.63) is 35.4 Å². The lowest BCUT2D eigenvalue weighted by molar-refractivity contribution is -0.137. The molecule has 2 heterocycles. The summed E-state index contributed by atoms with van der Waals surface area (Å²) in [6.07, 6.45) is 3.65. The second-order valence-corrected chi connectivity index (χ2v) is 6.06. The molecule has 2 aliphatic rings. The van der Waals surface area contributed by atoms with E-state index < -0.39 is 11.6 Å². The van der Waals surface area contributed by atoms with E-state index in [2.05, 4.69) is 0 Å². The molecule has 1 N–H and O–H groups in total. The minimum absolute atomic E-state index is 0.0548. The van der Waals surface area contributed by atoms with Gasteiger partial charge in [0.25, 0.3) is 0 Å². The predicted octanol–water partition coefficient (Wildman–Crippen LogP) is 2.41. The lowest BCUT2D eigenvalue weighted by Gasteiger charge is -2.37. The number of nitrogens with zero attached hydrogens (tertiary/aromatic N) is 1. The molecule has 2 atom stereocenters. The third kappa shape index (κ3) is 2.93. The molecule has 1 aromatic rings. The molecule has 0 aromatic heterocycles. The first kappa shape index (κ1) is 14.4. The quantitative estimate of drug-likeness (QED) is 0.930. The standard InChI is InChI=1S/C16H19F2NO2/c17-14-5-1-10(7-15(14)18)2-6-16(21)19-11-3-4-12(19)9-13(20)8-11/h1,5,7,11-13,20H,2-4,6,8-9H2. The molecule has 1 amide bonds. The fourth-order valence-corrected chi connectivity index (χ4v) is 3.63. The first-order valence-electron chi connectivity index (χ1n) is 7.47. The van der Waals surface area contributed by atoms with Gasteiger partial charge in [0, 0.05) is 18.5 Å². The summed E-state index contributed by atoms with van der Waals surface area (Å²) in [5, 5.41) is 9.74. The number of benzene rings is 1. The first-order valence-corrected chi connectivity index (χ1v) is 7.47. The third-order valence-electron chi connectivity index (χ3n) is 4.61. The van der Waals surface area contributed by atoms with Gasteiger partial charge in [-0.2, -0.15) is 0 Å². The molecule has 0 saturated carbocycles. The maximum atomic E-state index is 13.1. The van der Waals surface area contributed by atoms with Crippen molar-refractivity contribution in [3.8, 4) is 0 Å². The van der Waals surface area contributed by atoms with E-state index in [1.165, 1.54) is 6.07 Å². The summed E-state index contributed by atoms with van der Waals surface area (Å²) < 4.78 is 26.0. The van der Waals surface area contributed by atoms with Gasteiger partial charge in [-0.25, -0.2) is 8.78 Å². The minimum Gasteiger partial charge on any atom is -0.393 e. The summed E-state index contributed by atoms with van der Waals surface area (Å²) in [4.78, 5) is 14.3. The average Bonchev–Trinajstić information content (AvgIpc) is 2.72. The summed E-state index contributed by atoms with van der Waals surface area (Å²) in [6, 6.07) is 4.06. The van der Waals surface area contributed by atoms with Gasteiger partial charge >= 0.3 is 0 Å². The fourth-order valence-electron chi connectivity index (χ4n) is 3.63. The maximum absolute atomic E-state index is 13.1. The Hall–Kier alpha value is -1.49. The number of aliphatic hydroxyl groups excluding tert-OH is 1. The highest BCUT2D eigenvalue weighted by molar-refractivity contribution is 5.77. The molecule has 3 rings (SSSR count). The van der Waals surface area contributed by atoms with Crippen molar-refractivity contribution in [1.29, 1.82) is 0 Å². The number of piperidine rings is 1. The van der Waals surface area contributed by atoms with Gasteiger partial charge in [0.15, 0.2) is 11.6 Å². The third-order valence-corrected chi connectivity index (χ3v) is 4.61. The van der Waals surface area contributed by atoms with Crippen LogP contribution in [0.5, 0.6) is 0 Å². The SMILES string of the molecule is O=C(CCc1ccc(F)c(F)c1)N1C2CCC1CC(O)C2. The lowest BCUT2D eigenvalue weighted by atomic mass is 9.99. The van der Waals surface area contributed by atoms with Crippen molar-refractivity contribution in [1.82, 2.24) is 4.90 Å². The Kier molecular flexibility index (Phi) is 3.93. The molecular formula is C16H19F2NO2. The summed E-state index contributed by atoms with van der Waals surface area (Å²) in [5.41, 5.74) is 0.631. The van der Waals surface area contributed by atoms with Gasteiger partial charge < -0.3 is 10.0 Å². The number of rotatable bonds is 3. The van der Waals surface area contributed by atoms with Crippen LogP contribution in [0.1, 0.15) is 37.7 Å². The number of aliphatic hydroxyl groups is 1. The van der Waals surface area contributed by atoms with E-state index in [9.17, 15) is 18.7 Å². The molecule has 1 aromatic carbocycles. The van der Waals surface area contributed by atoms with E-state index in [1.54, 1.807) is 0 Å². The van der Waals surface area contributed by atoms with Crippen LogP contribution in [0.2, 0.25) is 0 Å². The topological polar surface area (TPSA) is 40.5 Å². The van der Waals surface area contributed by atoms with Crippen molar-refractivity contribution in [2.75, 3.05) is 0 Å². The largest absolute Gasteiger partial charge is 0.393 e. The molecule has 5 heteroatoms. The van der Waals surface area contributed by atoms with E-state index in [0.29, 0.717) is 31.2 Å². The van der Waals surface area contributed by atoms with Crippen molar-refractivity contribution >= 4 is 5.91 Å². The van der Waals surface area contributed by atoms with Gasteiger partial charge in [-0.3, -0.25) is 4.79 Å². The summed E-state index contributed by atoms with van der Waals surface area (Å²) in [7, 11) is 0. The Bertz CT molecular complexity index is 535. The number of amides is 1. The molecule has 2 saturated heterocycles. The van der Waals surface area contributed by atoms with E-state index in [4.69, 9.17) is 0 Å². The van der Waals surface area contributed by atoms with Crippen LogP contribution in [-0.4, -0.2) is 34.1 Å². The van der Waals surface area contributed by atoms with E-state index in [-0.39, 0.29) is 24.1 Å². The Morgan fingerprint density at radius 3 is 2.48 bits per heavy atom. The van der Waals surface area contributed by atoms with Crippen LogP contribution in [-0.2, 0) is 11.2 Å². The summed E-state index contributed by atoms with van der Waals surface area (Å²) >= 11 is 0. The molecule has 0 spiro atoms. The molecule has 2 fully saturated rings. The zero-order valence-corrected chi connectivity index (χ0v) is 11.8. The van der Waals surface area contributed by atoms with Crippen LogP contribution in [0.15, 0.2) is 18.2 Å². The number of aryl methyl sites for hydroxylation is 1. The Labute approximate surface area is 122 Å². The highest BCUT2D eigenvalue weighted by Gasteiger charge is 2.42. The van der Waals surface area contributed by atoms with Gasteiger partial charge in [0.2, 0.25) is 5.91 Å². The van der Waals surface area contributed by atoms with Crippen LogP contribution in [0.4, 0.5) is 8.78 Å². The summed E-state index contributed by atoms with van der Waals surface area (Å²) in [5.74, 6) is -1.69. The van der Waals surface area contributed by atoms with Crippen LogP contribution in [0.25, 0.3) is 0 Å². The molecule has 2 unspecified atom stereocenters. The van der Waals surface area contributed by atoms with Gasteiger partial charge in [-0.05, 0) is 49.8 Å². The van der Waals surface area contributed by atoms with Gasteiger partial charge in [-0.15, -0.1) is 0 Å². The van der Waals surface area contributed by atoms with E-state index in [1.807, 2.05) is 4.90 Å². The number of fused-ring (bicyclic) bond motifs is 2. The van der Waals surface area contributed by atoms with Crippen LogP contribution in [0, 0.1) is 11.6 Å². The Balaban J connectivity index is 1.61. The highest BCUT2D eigenvalue weighted by Crippen LogP contribution is 2.36. The van der Waals surface area contributed by atoms with Crippen molar-refractivity contribution < 1.29 is 18.7 Å². The number of carbonyl (C=O) groups excluding carboxylic acids is 1. The molecule has 21 heavy (non-hydrogen) atoms. The molecule has 114 valence electrons. The number of carbonyl (C=O) groups is 1. The van der Waals surface area contributed by atoms with Gasteiger partial charge in [-0.1, -0.05) is 6.07 Å². The smallest absolute Gasteiger partial charge is 0.223 e. The zero-order valence-electron chi connectivity index (χ0n) is 11.8. The molecule has 2 bridgehead atoms. The second-order valence-electron chi connectivity index (χ2n) is 6.06. The molecule has 3 nitrogen and oxygen atoms in total. The van der Waals surface area contributed by atoms with Gasteiger partial charge in [0.05, 0.1) is 6.10 Å². The van der Waals surface area contributed by atoms with Crippen molar-refractivity contribution in [2.24, 2.45) is 0 Å². The number of hydrogen-bond donors (Lipinski definition) is 1. The van der Waals surface area contributed by atoms with E-state index >= 15 is 0 Å². The van der Waals surface area contributed by atoms with Crippen LogP contribution >= 0.6 is 0 Å². The van der Waals surface area contributed by atoms with Crippen molar-refractivity contribution in [3.63, 3.8) is 0 Å². The van der Waals surface area contributed by atoms with Crippen molar-refractivity contribution in [2.45, 2.75) is 56.7 Å². The predicted molar refractivity (Wildman–Crippen MR) is 73.6 cm³/mol. The second kappa shape index (κ2) is 5.72. The minimum atomic E-state index is -0.874. The maximum Gasteiger partial charge on any atom is 0.223 e. The van der Waals surface area contributed by atoms with Crippen LogP contribution < -0.4 is 0 Å². The summed E-state index contributed by atoms with van der Waals surface area (Å²) in [6.45, 7) is 0. The number of halogens is 2. The molecular weight excluding hydrogens is 276 g/mol. The fraction of sp³-hybridized carbons (Fsp3) is 0.562. The molecule has 2 aliphatic heterocycles. The highest BCUT2D eigenvalue weighted by atomic mass is 19.2. The lowest BCUT2D eigenvalue weighted by Crippen LogP contribution is -2.48. The normalized spacial score (nSPS) is 28.0. The zero-order chi connectivity index (χ0) is 15.0. The molecule has 0 aliphatic carbocycles. The van der Waals surface area contributed by atoms with E-state index in [0.717, 1.165) is 25.0 Å². The van der Waals surface area contributed by atoms with Gasteiger partial charge in [0.1, 0.15) is 0 Å². The number of hydrogen-bond acceptors (Lipinski definition) is 2. The molecule has 0 radical (unpaired) electrons. The monoisotopic (exact) mass is 295 g/mol. The Morgan fingerprint density at radius 2 is 1.86 bits per heavy atom. The first-order chi connectivity index (χ1) is 10.0.